The lowest BCUT2D eigenvalue weighted by atomic mass is 10.2. The molecule has 0 aliphatic heterocycles. The molecular formula is C13H8Cl3NO3. The molecule has 2 aromatic carbocycles. The van der Waals surface area contributed by atoms with Gasteiger partial charge in [0, 0.05) is 18.0 Å². The monoisotopic (exact) mass is 331 g/mol. The van der Waals surface area contributed by atoms with Crippen molar-refractivity contribution >= 4 is 40.5 Å². The van der Waals surface area contributed by atoms with E-state index in [1.807, 2.05) is 0 Å². The molecule has 0 unspecified atom stereocenters. The molecule has 0 radical (unpaired) electrons. The third-order valence-electron chi connectivity index (χ3n) is 2.55. The maximum atomic E-state index is 10.6. The normalized spacial score (nSPS) is 10.3. The molecule has 4 nitrogen and oxygen atoms in total. The molecule has 0 bridgehead atoms. The van der Waals surface area contributed by atoms with Crippen LogP contribution < -0.4 is 4.74 Å². The first-order valence-corrected chi connectivity index (χ1v) is 6.77. The van der Waals surface area contributed by atoms with Crippen LogP contribution in [0.5, 0.6) is 11.5 Å². The summed E-state index contributed by atoms with van der Waals surface area (Å²) >= 11 is 17.8. The highest BCUT2D eigenvalue weighted by Crippen LogP contribution is 2.37. The molecule has 20 heavy (non-hydrogen) atoms. The van der Waals surface area contributed by atoms with Gasteiger partial charge in [-0.1, -0.05) is 29.3 Å². The van der Waals surface area contributed by atoms with E-state index in [1.54, 1.807) is 12.1 Å². The number of alkyl halides is 1. The summed E-state index contributed by atoms with van der Waals surface area (Å²) in [6, 6.07) is 9.01. The summed E-state index contributed by atoms with van der Waals surface area (Å²) in [5, 5.41) is 11.1. The molecule has 104 valence electrons. The van der Waals surface area contributed by atoms with Crippen molar-refractivity contribution in [1.82, 2.24) is 0 Å². The Bertz CT molecular complexity index is 644. The van der Waals surface area contributed by atoms with Gasteiger partial charge >= 0.3 is 0 Å². The molecular weight excluding hydrogens is 325 g/mol. The van der Waals surface area contributed by atoms with Crippen molar-refractivity contribution in [3.8, 4) is 11.5 Å². The van der Waals surface area contributed by atoms with Crippen LogP contribution in [0.2, 0.25) is 10.0 Å². The fourth-order valence-electron chi connectivity index (χ4n) is 1.52. The topological polar surface area (TPSA) is 52.4 Å². The largest absolute Gasteiger partial charge is 0.456 e. The maximum absolute atomic E-state index is 10.6. The molecule has 0 amide bonds. The van der Waals surface area contributed by atoms with E-state index in [1.165, 1.54) is 24.3 Å². The van der Waals surface area contributed by atoms with Crippen LogP contribution in [0.1, 0.15) is 5.56 Å². The lowest BCUT2D eigenvalue weighted by Crippen LogP contribution is -1.90. The molecule has 2 rings (SSSR count). The molecule has 2 aromatic rings. The molecule has 0 aliphatic rings. The minimum Gasteiger partial charge on any atom is -0.456 e. The summed E-state index contributed by atoms with van der Waals surface area (Å²) in [6.45, 7) is 0. The van der Waals surface area contributed by atoms with E-state index in [-0.39, 0.29) is 16.6 Å². The Kier molecular flexibility index (Phi) is 4.70. The molecule has 0 aromatic heterocycles. The summed E-state index contributed by atoms with van der Waals surface area (Å²) in [5.41, 5.74) is 0.688. The lowest BCUT2D eigenvalue weighted by Gasteiger charge is -2.10. The fraction of sp³-hybridized carbons (Fsp3) is 0.0769. The van der Waals surface area contributed by atoms with Crippen molar-refractivity contribution in [1.29, 1.82) is 0 Å². The highest BCUT2D eigenvalue weighted by atomic mass is 35.5. The second-order valence-electron chi connectivity index (χ2n) is 3.84. The first-order chi connectivity index (χ1) is 9.52. The van der Waals surface area contributed by atoms with Crippen LogP contribution in [0.4, 0.5) is 5.69 Å². The van der Waals surface area contributed by atoms with Crippen molar-refractivity contribution in [2.75, 3.05) is 0 Å². The van der Waals surface area contributed by atoms with Gasteiger partial charge in [-0.15, -0.1) is 11.6 Å². The Hall–Kier alpha value is -1.49. The van der Waals surface area contributed by atoms with Gasteiger partial charge in [-0.05, 0) is 23.8 Å². The molecule has 0 saturated heterocycles. The number of nitro benzene ring substituents is 1. The lowest BCUT2D eigenvalue weighted by molar-refractivity contribution is -0.384. The van der Waals surface area contributed by atoms with Gasteiger partial charge in [0.25, 0.3) is 5.69 Å². The van der Waals surface area contributed by atoms with Crippen LogP contribution >= 0.6 is 34.8 Å². The van der Waals surface area contributed by atoms with Crippen LogP contribution in [0, 0.1) is 10.1 Å². The van der Waals surface area contributed by atoms with E-state index in [9.17, 15) is 10.1 Å². The number of nitro groups is 1. The zero-order chi connectivity index (χ0) is 14.7. The first kappa shape index (κ1) is 14.9. The average Bonchev–Trinajstić information content (AvgIpc) is 2.45. The van der Waals surface area contributed by atoms with Gasteiger partial charge in [-0.2, -0.15) is 0 Å². The fourth-order valence-corrected chi connectivity index (χ4v) is 2.25. The van der Waals surface area contributed by atoms with E-state index in [2.05, 4.69) is 0 Å². The smallest absolute Gasteiger partial charge is 0.269 e. The molecule has 7 heteroatoms. The Morgan fingerprint density at radius 2 is 1.70 bits per heavy atom. The summed E-state index contributed by atoms with van der Waals surface area (Å²) in [4.78, 5) is 10.1. The van der Waals surface area contributed by atoms with E-state index in [0.717, 1.165) is 0 Å². The number of nitrogens with zero attached hydrogens (tertiary/aromatic N) is 1. The van der Waals surface area contributed by atoms with Gasteiger partial charge in [-0.25, -0.2) is 0 Å². The third-order valence-corrected chi connectivity index (χ3v) is 3.74. The minimum atomic E-state index is -0.483. The van der Waals surface area contributed by atoms with Gasteiger partial charge in [-0.3, -0.25) is 10.1 Å². The van der Waals surface area contributed by atoms with Gasteiger partial charge < -0.3 is 4.74 Å². The zero-order valence-corrected chi connectivity index (χ0v) is 12.2. The predicted molar refractivity (Wildman–Crippen MR) is 79.2 cm³/mol. The Labute approximate surface area is 130 Å². The molecule has 0 spiro atoms. The van der Waals surface area contributed by atoms with Crippen molar-refractivity contribution < 1.29 is 9.66 Å². The van der Waals surface area contributed by atoms with Crippen LogP contribution in [0.25, 0.3) is 0 Å². The highest BCUT2D eigenvalue weighted by Gasteiger charge is 2.12. The number of hydrogen-bond donors (Lipinski definition) is 0. The van der Waals surface area contributed by atoms with Crippen LogP contribution in [-0.4, -0.2) is 4.92 Å². The summed E-state index contributed by atoms with van der Waals surface area (Å²) in [7, 11) is 0. The van der Waals surface area contributed by atoms with Crippen molar-refractivity contribution in [3.63, 3.8) is 0 Å². The molecule has 0 fully saturated rings. The van der Waals surface area contributed by atoms with Crippen molar-refractivity contribution in [2.45, 2.75) is 5.88 Å². The standard InChI is InChI=1S/C13H8Cl3NO3/c14-7-8-1-6-11(13(16)12(8)15)20-10-4-2-9(3-5-10)17(18)19/h1-6H,7H2. The number of rotatable bonds is 4. The van der Waals surface area contributed by atoms with E-state index in [4.69, 9.17) is 39.5 Å². The van der Waals surface area contributed by atoms with Gasteiger partial charge in [0.05, 0.1) is 9.95 Å². The maximum Gasteiger partial charge on any atom is 0.269 e. The molecule has 0 N–H and O–H groups in total. The number of ether oxygens (including phenoxy) is 1. The van der Waals surface area contributed by atoms with Crippen molar-refractivity contribution in [2.24, 2.45) is 0 Å². The van der Waals surface area contributed by atoms with E-state index < -0.39 is 4.92 Å². The second-order valence-corrected chi connectivity index (χ2v) is 4.86. The number of non-ortho nitro benzene ring substituents is 1. The van der Waals surface area contributed by atoms with Crippen molar-refractivity contribution in [3.05, 3.63) is 62.1 Å². The predicted octanol–water partition coefficient (Wildman–Crippen LogP) is 5.43. The number of halogens is 3. The molecule has 0 atom stereocenters. The van der Waals surface area contributed by atoms with Gasteiger partial charge in [0.2, 0.25) is 0 Å². The summed E-state index contributed by atoms with van der Waals surface area (Å²) in [6.07, 6.45) is 0. The molecule has 0 heterocycles. The quantitative estimate of drug-likeness (QED) is 0.426. The molecule has 0 saturated carbocycles. The summed E-state index contributed by atoms with van der Waals surface area (Å²) in [5.74, 6) is 1.03. The minimum absolute atomic E-state index is 0.0148. The molecule has 0 aliphatic carbocycles. The highest BCUT2D eigenvalue weighted by molar-refractivity contribution is 6.43. The zero-order valence-electron chi connectivity index (χ0n) is 9.98. The van der Waals surface area contributed by atoms with Gasteiger partial charge in [0.1, 0.15) is 16.5 Å². The number of benzene rings is 2. The summed E-state index contributed by atoms with van der Waals surface area (Å²) < 4.78 is 5.54. The van der Waals surface area contributed by atoms with Crippen LogP contribution in [0.15, 0.2) is 36.4 Å². The van der Waals surface area contributed by atoms with Gasteiger partial charge in [0.15, 0.2) is 0 Å². The van der Waals surface area contributed by atoms with E-state index in [0.29, 0.717) is 22.1 Å². The Morgan fingerprint density at radius 3 is 2.25 bits per heavy atom. The first-order valence-electron chi connectivity index (χ1n) is 5.48. The van der Waals surface area contributed by atoms with Crippen LogP contribution in [0.3, 0.4) is 0 Å². The third kappa shape index (κ3) is 3.15. The SMILES string of the molecule is O=[N+]([O-])c1ccc(Oc2ccc(CCl)c(Cl)c2Cl)cc1. The van der Waals surface area contributed by atoms with Crippen LogP contribution in [-0.2, 0) is 5.88 Å². The average molecular weight is 333 g/mol. The number of hydrogen-bond acceptors (Lipinski definition) is 3. The van der Waals surface area contributed by atoms with E-state index >= 15 is 0 Å². The second kappa shape index (κ2) is 6.31. The Morgan fingerprint density at radius 1 is 1.05 bits per heavy atom. The Balaban J connectivity index is 2.26.